The summed E-state index contributed by atoms with van der Waals surface area (Å²) in [5.41, 5.74) is 8.74. The molecule has 5 nitrogen and oxygen atoms in total. The normalized spacial score (nSPS) is 13.6. The fourth-order valence-electron chi connectivity index (χ4n) is 1.91. The first-order valence-electron chi connectivity index (χ1n) is 5.34. The maximum absolute atomic E-state index is 10.9. The average molecular weight is 262 g/mol. The Morgan fingerprint density at radius 2 is 2.17 bits per heavy atom. The van der Waals surface area contributed by atoms with Crippen molar-refractivity contribution in [1.29, 1.82) is 0 Å². The Hall–Kier alpha value is -1.92. The number of carboxylic acids is 1. The molecule has 1 aliphatic heterocycles. The van der Waals surface area contributed by atoms with Crippen LogP contribution < -0.4 is 5.73 Å². The van der Waals surface area contributed by atoms with E-state index in [0.29, 0.717) is 18.2 Å². The summed E-state index contributed by atoms with van der Waals surface area (Å²) in [5, 5.41) is 9.78. The fourth-order valence-corrected chi connectivity index (χ4v) is 2.73. The molecule has 0 bridgehead atoms. The Labute approximate surface area is 107 Å². The minimum Gasteiger partial charge on any atom is -0.476 e. The highest BCUT2D eigenvalue weighted by Gasteiger charge is 2.18. The molecule has 0 radical (unpaired) electrons. The number of carboxylic acid groups (broad SMARTS) is 1. The Bertz CT molecular complexity index is 636. The molecule has 3 N–H and O–H groups in total. The first-order valence-corrected chi connectivity index (χ1v) is 6.16. The van der Waals surface area contributed by atoms with Crippen molar-refractivity contribution < 1.29 is 14.6 Å². The quantitative estimate of drug-likeness (QED) is 0.865. The van der Waals surface area contributed by atoms with Gasteiger partial charge in [0.15, 0.2) is 5.69 Å². The molecule has 92 valence electrons. The number of thiazole rings is 1. The number of carbonyl (C=O) groups is 1. The van der Waals surface area contributed by atoms with Gasteiger partial charge in [0.2, 0.25) is 0 Å². The number of hydrogen-bond acceptors (Lipinski definition) is 5. The van der Waals surface area contributed by atoms with Crippen molar-refractivity contribution in [2.75, 3.05) is 5.73 Å². The van der Waals surface area contributed by atoms with Crippen molar-refractivity contribution >= 4 is 22.3 Å². The lowest BCUT2D eigenvalue weighted by Crippen LogP contribution is -2.00. The number of nitrogen functional groups attached to an aromatic ring is 1. The highest BCUT2D eigenvalue weighted by Crippen LogP contribution is 2.32. The first-order chi connectivity index (χ1) is 8.65. The summed E-state index contributed by atoms with van der Waals surface area (Å²) in [6.45, 7) is 1.23. The lowest BCUT2D eigenvalue weighted by atomic mass is 10.1. The van der Waals surface area contributed by atoms with Crippen LogP contribution in [0, 0.1) is 0 Å². The van der Waals surface area contributed by atoms with Gasteiger partial charge in [-0.25, -0.2) is 9.78 Å². The van der Waals surface area contributed by atoms with Gasteiger partial charge in [0.25, 0.3) is 0 Å². The van der Waals surface area contributed by atoms with E-state index in [0.717, 1.165) is 11.1 Å². The molecule has 0 unspecified atom stereocenters. The Morgan fingerprint density at radius 3 is 2.89 bits per heavy atom. The maximum Gasteiger partial charge on any atom is 0.357 e. The van der Waals surface area contributed by atoms with Crippen molar-refractivity contribution in [2.24, 2.45) is 0 Å². The second-order valence-corrected chi connectivity index (χ2v) is 5.04. The third-order valence-corrected chi connectivity index (χ3v) is 3.76. The molecule has 1 aliphatic rings. The highest BCUT2D eigenvalue weighted by atomic mass is 32.1. The number of nitrogens with zero attached hydrogens (tertiary/aromatic N) is 1. The number of anilines is 1. The third kappa shape index (κ3) is 1.75. The van der Waals surface area contributed by atoms with Gasteiger partial charge in [-0.1, -0.05) is 23.5 Å². The number of benzene rings is 1. The summed E-state index contributed by atoms with van der Waals surface area (Å²) in [5.74, 6) is -1.10. The van der Waals surface area contributed by atoms with Gasteiger partial charge in [-0.15, -0.1) is 0 Å². The van der Waals surface area contributed by atoms with Crippen molar-refractivity contribution in [3.63, 3.8) is 0 Å². The molecule has 18 heavy (non-hydrogen) atoms. The van der Waals surface area contributed by atoms with Crippen LogP contribution >= 0.6 is 11.3 Å². The standard InChI is InChI=1S/C12H10N2O3S/c13-10-9(12(15)16)14-11(18-10)6-1-2-7-4-17-5-8(7)3-6/h1-3H,4-5,13H2,(H,15,16). The monoisotopic (exact) mass is 262 g/mol. The second-order valence-electron chi connectivity index (χ2n) is 4.01. The van der Waals surface area contributed by atoms with E-state index in [1.54, 1.807) is 0 Å². The molecule has 0 fully saturated rings. The topological polar surface area (TPSA) is 85.4 Å². The molecule has 1 aromatic heterocycles. The molecule has 1 aromatic carbocycles. The van der Waals surface area contributed by atoms with E-state index >= 15 is 0 Å². The number of ether oxygens (including phenoxy) is 1. The van der Waals surface area contributed by atoms with Gasteiger partial charge < -0.3 is 15.6 Å². The number of hydrogen-bond donors (Lipinski definition) is 2. The van der Waals surface area contributed by atoms with E-state index < -0.39 is 5.97 Å². The first kappa shape index (κ1) is 11.2. The van der Waals surface area contributed by atoms with Crippen molar-refractivity contribution in [3.8, 4) is 10.6 Å². The molecule has 0 spiro atoms. The fraction of sp³-hybridized carbons (Fsp3) is 0.167. The molecule has 2 heterocycles. The second kappa shape index (κ2) is 4.08. The molecular formula is C12H10N2O3S. The zero-order chi connectivity index (χ0) is 12.7. The van der Waals surface area contributed by atoms with Crippen molar-refractivity contribution in [1.82, 2.24) is 4.98 Å². The summed E-state index contributed by atoms with van der Waals surface area (Å²) in [6.07, 6.45) is 0. The van der Waals surface area contributed by atoms with Crippen LogP contribution in [0.1, 0.15) is 21.6 Å². The number of aromatic nitrogens is 1. The predicted octanol–water partition coefficient (Wildman–Crippen LogP) is 2.12. The van der Waals surface area contributed by atoms with Crippen LogP contribution in [0.3, 0.4) is 0 Å². The van der Waals surface area contributed by atoms with Crippen molar-refractivity contribution in [2.45, 2.75) is 13.2 Å². The molecule has 0 saturated carbocycles. The van der Waals surface area contributed by atoms with E-state index in [4.69, 9.17) is 15.6 Å². The lowest BCUT2D eigenvalue weighted by Gasteiger charge is -1.99. The minimum atomic E-state index is -1.10. The van der Waals surface area contributed by atoms with Crippen LogP contribution in [0.25, 0.3) is 10.6 Å². The minimum absolute atomic E-state index is 0.0771. The SMILES string of the molecule is Nc1sc(-c2ccc3c(c2)COC3)nc1C(=O)O. The molecule has 0 atom stereocenters. The van der Waals surface area contributed by atoms with Crippen LogP contribution in [0.15, 0.2) is 18.2 Å². The van der Waals surface area contributed by atoms with E-state index in [1.165, 1.54) is 16.9 Å². The van der Waals surface area contributed by atoms with Crippen LogP contribution in [-0.4, -0.2) is 16.1 Å². The van der Waals surface area contributed by atoms with E-state index in [9.17, 15) is 4.79 Å². The van der Waals surface area contributed by atoms with Gasteiger partial charge in [-0.05, 0) is 17.2 Å². The largest absolute Gasteiger partial charge is 0.476 e. The summed E-state index contributed by atoms with van der Waals surface area (Å²) in [6, 6.07) is 5.87. The van der Waals surface area contributed by atoms with Crippen LogP contribution in [-0.2, 0) is 18.0 Å². The number of rotatable bonds is 2. The number of nitrogens with two attached hydrogens (primary N) is 1. The van der Waals surface area contributed by atoms with E-state index in [1.807, 2.05) is 18.2 Å². The summed E-state index contributed by atoms with van der Waals surface area (Å²) in [4.78, 5) is 15.0. The van der Waals surface area contributed by atoms with Crippen LogP contribution in [0.5, 0.6) is 0 Å². The highest BCUT2D eigenvalue weighted by molar-refractivity contribution is 7.19. The molecule has 3 rings (SSSR count). The molecule has 0 amide bonds. The molecule has 0 saturated heterocycles. The molecule has 2 aromatic rings. The van der Waals surface area contributed by atoms with Gasteiger partial charge in [0.05, 0.1) is 13.2 Å². The van der Waals surface area contributed by atoms with E-state index in [2.05, 4.69) is 4.98 Å². The van der Waals surface area contributed by atoms with Crippen LogP contribution in [0.4, 0.5) is 5.00 Å². The average Bonchev–Trinajstić information content (AvgIpc) is 2.93. The van der Waals surface area contributed by atoms with Gasteiger partial charge in [0.1, 0.15) is 10.0 Å². The summed E-state index contributed by atoms with van der Waals surface area (Å²) >= 11 is 1.19. The van der Waals surface area contributed by atoms with Gasteiger partial charge >= 0.3 is 5.97 Å². The van der Waals surface area contributed by atoms with E-state index in [-0.39, 0.29) is 10.7 Å². The summed E-state index contributed by atoms with van der Waals surface area (Å²) in [7, 11) is 0. The summed E-state index contributed by atoms with van der Waals surface area (Å²) < 4.78 is 5.34. The Morgan fingerprint density at radius 1 is 1.39 bits per heavy atom. The van der Waals surface area contributed by atoms with Gasteiger partial charge in [0, 0.05) is 5.56 Å². The zero-order valence-corrected chi connectivity index (χ0v) is 10.2. The molecule has 6 heteroatoms. The zero-order valence-electron chi connectivity index (χ0n) is 9.34. The predicted molar refractivity (Wildman–Crippen MR) is 67.4 cm³/mol. The van der Waals surface area contributed by atoms with Crippen molar-refractivity contribution in [3.05, 3.63) is 35.0 Å². The lowest BCUT2D eigenvalue weighted by molar-refractivity contribution is 0.0692. The smallest absolute Gasteiger partial charge is 0.357 e. The Kier molecular flexibility index (Phi) is 2.53. The molecule has 0 aliphatic carbocycles. The molecular weight excluding hydrogens is 252 g/mol. The van der Waals surface area contributed by atoms with Gasteiger partial charge in [-0.3, -0.25) is 0 Å². The third-order valence-electron chi connectivity index (χ3n) is 2.82. The Balaban J connectivity index is 2.05. The van der Waals surface area contributed by atoms with Gasteiger partial charge in [-0.2, -0.15) is 0 Å². The number of aromatic carboxylic acids is 1. The van der Waals surface area contributed by atoms with Crippen LogP contribution in [0.2, 0.25) is 0 Å². The maximum atomic E-state index is 10.9. The number of fused-ring (bicyclic) bond motifs is 1.